The van der Waals surface area contributed by atoms with Gasteiger partial charge in [0.15, 0.2) is 5.78 Å². The third kappa shape index (κ3) is 2.58. The van der Waals surface area contributed by atoms with Crippen LogP contribution in [0.1, 0.15) is 19.3 Å². The minimum absolute atomic E-state index is 0.0517. The second kappa shape index (κ2) is 4.40. The molecule has 0 spiro atoms. The lowest BCUT2D eigenvalue weighted by Gasteiger charge is -2.10. The SMILES string of the molecule is NC(N)=N/N=C/C1=C(O)CCCC1=O. The van der Waals surface area contributed by atoms with Gasteiger partial charge < -0.3 is 16.6 Å². The van der Waals surface area contributed by atoms with Crippen LogP contribution in [0.4, 0.5) is 0 Å². The van der Waals surface area contributed by atoms with Gasteiger partial charge in [-0.1, -0.05) is 0 Å². The van der Waals surface area contributed by atoms with Gasteiger partial charge in [0.05, 0.1) is 11.8 Å². The molecule has 0 radical (unpaired) electrons. The number of nitrogens with two attached hydrogens (primary N) is 2. The molecule has 0 fully saturated rings. The van der Waals surface area contributed by atoms with Crippen molar-refractivity contribution in [2.75, 3.05) is 0 Å². The van der Waals surface area contributed by atoms with E-state index in [0.29, 0.717) is 19.3 Å². The summed E-state index contributed by atoms with van der Waals surface area (Å²) < 4.78 is 0. The second-order valence-electron chi connectivity index (χ2n) is 2.91. The lowest BCUT2D eigenvalue weighted by Crippen LogP contribution is -2.22. The van der Waals surface area contributed by atoms with Crippen LogP contribution < -0.4 is 11.5 Å². The van der Waals surface area contributed by atoms with Gasteiger partial charge in [0.25, 0.3) is 0 Å². The van der Waals surface area contributed by atoms with E-state index >= 15 is 0 Å². The number of carbonyl (C=O) groups excluding carboxylic acids is 1. The van der Waals surface area contributed by atoms with Crippen LogP contribution in [0.15, 0.2) is 21.5 Å². The number of aliphatic hydroxyl groups excluding tert-OH is 1. The summed E-state index contributed by atoms with van der Waals surface area (Å²) in [6.45, 7) is 0. The summed E-state index contributed by atoms with van der Waals surface area (Å²) in [7, 11) is 0. The van der Waals surface area contributed by atoms with E-state index < -0.39 is 0 Å². The minimum Gasteiger partial charge on any atom is -0.512 e. The molecule has 0 atom stereocenters. The van der Waals surface area contributed by atoms with Gasteiger partial charge in [-0.05, 0) is 6.42 Å². The average molecular weight is 196 g/mol. The molecule has 0 aromatic carbocycles. The van der Waals surface area contributed by atoms with Crippen molar-refractivity contribution >= 4 is 18.0 Å². The predicted octanol–water partition coefficient (Wildman–Crippen LogP) is -0.189. The highest BCUT2D eigenvalue weighted by atomic mass is 16.3. The van der Waals surface area contributed by atoms with Crippen LogP contribution in [0, 0.1) is 0 Å². The first kappa shape index (κ1) is 10.2. The van der Waals surface area contributed by atoms with Gasteiger partial charge >= 0.3 is 0 Å². The number of Topliss-reactive ketones (excluding diaryl/α,β-unsaturated/α-hetero) is 1. The topological polar surface area (TPSA) is 114 Å². The zero-order valence-corrected chi connectivity index (χ0v) is 7.60. The Balaban J connectivity index is 2.80. The van der Waals surface area contributed by atoms with Gasteiger partial charge in [-0.25, -0.2) is 0 Å². The number of aliphatic hydroxyl groups is 1. The van der Waals surface area contributed by atoms with E-state index in [1.807, 2.05) is 0 Å². The molecule has 6 heteroatoms. The summed E-state index contributed by atoms with van der Waals surface area (Å²) >= 11 is 0. The van der Waals surface area contributed by atoms with Crippen LogP contribution in [0.2, 0.25) is 0 Å². The van der Waals surface area contributed by atoms with Gasteiger partial charge in [-0.2, -0.15) is 5.10 Å². The molecular formula is C8H12N4O2. The quantitative estimate of drug-likeness (QED) is 0.322. The van der Waals surface area contributed by atoms with Crippen molar-refractivity contribution in [1.29, 1.82) is 0 Å². The Labute approximate surface area is 81.0 Å². The summed E-state index contributed by atoms with van der Waals surface area (Å²) in [5.74, 6) is -0.274. The maximum atomic E-state index is 11.3. The summed E-state index contributed by atoms with van der Waals surface area (Å²) in [5.41, 5.74) is 10.3. The van der Waals surface area contributed by atoms with Crippen molar-refractivity contribution in [3.8, 4) is 0 Å². The number of allylic oxidation sites excluding steroid dienone is 2. The molecule has 1 rings (SSSR count). The van der Waals surface area contributed by atoms with E-state index in [0.717, 1.165) is 0 Å². The molecule has 5 N–H and O–H groups in total. The van der Waals surface area contributed by atoms with Crippen LogP contribution in [0.5, 0.6) is 0 Å². The minimum atomic E-state index is -0.190. The number of hydrogen-bond acceptors (Lipinski definition) is 4. The van der Waals surface area contributed by atoms with Crippen molar-refractivity contribution in [3.05, 3.63) is 11.3 Å². The monoisotopic (exact) mass is 196 g/mol. The maximum Gasteiger partial charge on any atom is 0.211 e. The molecule has 0 saturated carbocycles. The first-order valence-electron chi connectivity index (χ1n) is 4.18. The fourth-order valence-electron chi connectivity index (χ4n) is 1.15. The average Bonchev–Trinajstić information content (AvgIpc) is 2.09. The number of nitrogens with zero attached hydrogens (tertiary/aromatic N) is 2. The lowest BCUT2D eigenvalue weighted by atomic mass is 9.97. The standard InChI is InChI=1S/C8H12N4O2/c9-8(10)12-11-4-5-6(13)2-1-3-7(5)14/h4,13H,1-3H2,(H4,9,10,12)/b11-4+. The Morgan fingerprint density at radius 3 is 2.71 bits per heavy atom. The van der Waals surface area contributed by atoms with Crippen LogP contribution in [0.25, 0.3) is 0 Å². The maximum absolute atomic E-state index is 11.3. The van der Waals surface area contributed by atoms with Crippen molar-refractivity contribution in [2.45, 2.75) is 19.3 Å². The zero-order chi connectivity index (χ0) is 10.6. The first-order valence-corrected chi connectivity index (χ1v) is 4.18. The van der Waals surface area contributed by atoms with Crippen LogP contribution in [0.3, 0.4) is 0 Å². The Hall–Kier alpha value is -1.85. The van der Waals surface area contributed by atoms with Crippen LogP contribution in [-0.4, -0.2) is 23.1 Å². The Morgan fingerprint density at radius 2 is 2.14 bits per heavy atom. The molecule has 6 nitrogen and oxygen atoms in total. The smallest absolute Gasteiger partial charge is 0.211 e. The van der Waals surface area contributed by atoms with E-state index in [4.69, 9.17) is 11.5 Å². The van der Waals surface area contributed by atoms with Crippen molar-refractivity contribution in [1.82, 2.24) is 0 Å². The largest absolute Gasteiger partial charge is 0.512 e. The van der Waals surface area contributed by atoms with Gasteiger partial charge in [-0.15, -0.1) is 5.10 Å². The summed E-state index contributed by atoms with van der Waals surface area (Å²) in [4.78, 5) is 11.3. The molecule has 76 valence electrons. The fraction of sp³-hybridized carbons (Fsp3) is 0.375. The molecule has 0 unspecified atom stereocenters. The Kier molecular flexibility index (Phi) is 3.22. The van der Waals surface area contributed by atoms with Gasteiger partial charge in [-0.3, -0.25) is 4.79 Å². The molecule has 0 heterocycles. The number of hydrogen-bond donors (Lipinski definition) is 3. The lowest BCUT2D eigenvalue weighted by molar-refractivity contribution is -0.115. The second-order valence-corrected chi connectivity index (χ2v) is 2.91. The fourth-order valence-corrected chi connectivity index (χ4v) is 1.15. The third-order valence-electron chi connectivity index (χ3n) is 1.79. The molecule has 1 aliphatic rings. The van der Waals surface area contributed by atoms with Gasteiger partial charge in [0.1, 0.15) is 5.76 Å². The highest BCUT2D eigenvalue weighted by molar-refractivity contribution is 6.14. The number of rotatable bonds is 2. The van der Waals surface area contributed by atoms with E-state index in [1.165, 1.54) is 6.21 Å². The van der Waals surface area contributed by atoms with Crippen molar-refractivity contribution in [3.63, 3.8) is 0 Å². The van der Waals surface area contributed by atoms with Crippen LogP contribution in [-0.2, 0) is 4.79 Å². The van der Waals surface area contributed by atoms with Gasteiger partial charge in [0, 0.05) is 12.8 Å². The van der Waals surface area contributed by atoms with Gasteiger partial charge in [0.2, 0.25) is 5.96 Å². The molecule has 0 amide bonds. The first-order chi connectivity index (χ1) is 6.61. The molecule has 14 heavy (non-hydrogen) atoms. The van der Waals surface area contributed by atoms with Crippen molar-refractivity contribution in [2.24, 2.45) is 21.7 Å². The summed E-state index contributed by atoms with van der Waals surface area (Å²) in [6, 6.07) is 0. The molecule has 0 aromatic rings. The molecule has 0 aromatic heterocycles. The van der Waals surface area contributed by atoms with E-state index in [9.17, 15) is 9.90 Å². The number of carbonyl (C=O) groups is 1. The molecule has 0 bridgehead atoms. The Morgan fingerprint density at radius 1 is 1.43 bits per heavy atom. The predicted molar refractivity (Wildman–Crippen MR) is 52.8 cm³/mol. The number of guanidine groups is 1. The van der Waals surface area contributed by atoms with E-state index in [1.54, 1.807) is 0 Å². The Bertz CT molecular complexity index is 326. The molecule has 0 aliphatic heterocycles. The zero-order valence-electron chi connectivity index (χ0n) is 7.60. The molecule has 1 aliphatic carbocycles. The van der Waals surface area contributed by atoms with E-state index in [-0.39, 0.29) is 23.1 Å². The summed E-state index contributed by atoms with van der Waals surface area (Å²) in [6.07, 6.45) is 2.77. The molecular weight excluding hydrogens is 184 g/mol. The van der Waals surface area contributed by atoms with Crippen LogP contribution >= 0.6 is 0 Å². The third-order valence-corrected chi connectivity index (χ3v) is 1.79. The molecule has 0 saturated heterocycles. The number of ketones is 1. The van der Waals surface area contributed by atoms with E-state index in [2.05, 4.69) is 10.2 Å². The highest BCUT2D eigenvalue weighted by Crippen LogP contribution is 2.18. The highest BCUT2D eigenvalue weighted by Gasteiger charge is 2.18. The van der Waals surface area contributed by atoms with Crippen molar-refractivity contribution < 1.29 is 9.90 Å². The summed E-state index contributed by atoms with van der Waals surface area (Å²) in [5, 5.41) is 16.2. The normalized spacial score (nSPS) is 17.6.